The summed E-state index contributed by atoms with van der Waals surface area (Å²) in [6.07, 6.45) is 9.03. The van der Waals surface area contributed by atoms with Gasteiger partial charge in [0, 0.05) is 11.3 Å². The predicted octanol–water partition coefficient (Wildman–Crippen LogP) is 7.68. The van der Waals surface area contributed by atoms with Gasteiger partial charge < -0.3 is 4.74 Å². The highest BCUT2D eigenvalue weighted by Gasteiger charge is 2.20. The van der Waals surface area contributed by atoms with Crippen molar-refractivity contribution in [1.29, 1.82) is 0 Å². The number of thiophene rings is 1. The number of hydrogen-bond donors (Lipinski definition) is 0. The number of carbonyl (C=O) groups is 1. The molecule has 1 aromatic carbocycles. The maximum Gasteiger partial charge on any atom is 0.305 e. The summed E-state index contributed by atoms with van der Waals surface area (Å²) in [4.78, 5) is 13.8. The number of esters is 1. The van der Waals surface area contributed by atoms with Crippen LogP contribution in [0, 0.1) is 5.41 Å². The normalized spacial score (nSPS) is 13.0. The molecule has 0 radical (unpaired) electrons. The molecule has 5 nitrogen and oxygen atoms in total. The summed E-state index contributed by atoms with van der Waals surface area (Å²) >= 11 is 1.80. The van der Waals surface area contributed by atoms with E-state index in [0.29, 0.717) is 19.4 Å². The van der Waals surface area contributed by atoms with Gasteiger partial charge in [0.25, 0.3) is 10.1 Å². The van der Waals surface area contributed by atoms with Gasteiger partial charge in [0.05, 0.1) is 18.1 Å². The third-order valence-electron chi connectivity index (χ3n) is 6.11. The van der Waals surface area contributed by atoms with E-state index in [-0.39, 0.29) is 28.8 Å². The number of hydrogen-bond acceptors (Lipinski definition) is 6. The Bertz CT molecular complexity index is 1020. The summed E-state index contributed by atoms with van der Waals surface area (Å²) in [5, 5.41) is 2.17. The van der Waals surface area contributed by atoms with Crippen LogP contribution in [0.15, 0.2) is 40.6 Å². The van der Waals surface area contributed by atoms with Crippen molar-refractivity contribution in [3.8, 4) is 0 Å². The van der Waals surface area contributed by atoms with Crippen LogP contribution >= 0.6 is 11.3 Å². The van der Waals surface area contributed by atoms with Gasteiger partial charge in [-0.25, -0.2) is 0 Å². The van der Waals surface area contributed by atoms with Crippen molar-refractivity contribution in [3.63, 3.8) is 0 Å². The second-order valence-corrected chi connectivity index (χ2v) is 13.4. The minimum atomic E-state index is -3.77. The summed E-state index contributed by atoms with van der Waals surface area (Å²) in [6.45, 7) is 10.6. The van der Waals surface area contributed by atoms with E-state index < -0.39 is 10.1 Å². The third-order valence-corrected chi connectivity index (χ3v) is 8.42. The van der Waals surface area contributed by atoms with Gasteiger partial charge in [-0.1, -0.05) is 66.0 Å². The van der Waals surface area contributed by atoms with E-state index in [4.69, 9.17) is 8.92 Å². The number of aryl methyl sites for hydroxylation is 2. The molecule has 36 heavy (non-hydrogen) atoms. The number of carbonyl (C=O) groups excluding carboxylic acids is 1. The Balaban J connectivity index is 1.70. The van der Waals surface area contributed by atoms with E-state index in [0.717, 1.165) is 24.8 Å². The van der Waals surface area contributed by atoms with Crippen LogP contribution in [-0.4, -0.2) is 27.6 Å². The molecular formula is C29H44O5S2. The Labute approximate surface area is 222 Å². The molecule has 0 aliphatic heterocycles. The molecule has 0 amide bonds. The summed E-state index contributed by atoms with van der Waals surface area (Å²) in [6, 6.07) is 8.98. The Morgan fingerprint density at radius 2 is 1.72 bits per heavy atom. The van der Waals surface area contributed by atoms with Crippen molar-refractivity contribution in [2.45, 2.75) is 103 Å². The van der Waals surface area contributed by atoms with E-state index in [9.17, 15) is 13.2 Å². The maximum atomic E-state index is 12.4. The highest BCUT2D eigenvalue weighted by molar-refractivity contribution is 7.86. The van der Waals surface area contributed by atoms with Gasteiger partial charge in [-0.2, -0.15) is 8.42 Å². The molecule has 0 saturated heterocycles. The molecule has 1 unspecified atom stereocenters. The number of rotatable bonds is 16. The second-order valence-electron chi connectivity index (χ2n) is 10.8. The summed E-state index contributed by atoms with van der Waals surface area (Å²) in [7, 11) is -3.77. The molecule has 2 aromatic rings. The van der Waals surface area contributed by atoms with Crippen LogP contribution < -0.4 is 0 Å². The molecule has 1 aromatic heterocycles. The Morgan fingerprint density at radius 3 is 2.39 bits per heavy atom. The first kappa shape index (κ1) is 30.5. The Morgan fingerprint density at radius 1 is 1.00 bits per heavy atom. The number of benzene rings is 1. The van der Waals surface area contributed by atoms with Crippen LogP contribution in [0.5, 0.6) is 0 Å². The van der Waals surface area contributed by atoms with Gasteiger partial charge >= 0.3 is 5.97 Å². The second kappa shape index (κ2) is 14.9. The molecule has 0 aliphatic carbocycles. The average molecular weight is 537 g/mol. The zero-order chi connectivity index (χ0) is 26.6. The Hall–Kier alpha value is -1.70. The van der Waals surface area contributed by atoms with Crippen LogP contribution in [0.1, 0.15) is 101 Å². The fraction of sp³-hybridized carbons (Fsp3) is 0.621. The fourth-order valence-electron chi connectivity index (χ4n) is 3.83. The lowest BCUT2D eigenvalue weighted by Gasteiger charge is -2.18. The first-order chi connectivity index (χ1) is 17.0. The van der Waals surface area contributed by atoms with Crippen molar-refractivity contribution in [2.24, 2.45) is 5.41 Å². The zero-order valence-electron chi connectivity index (χ0n) is 22.7. The standard InChI is InChI=1S/C29H44O5S2/c1-6-7-8-9-11-25-19-21-35-27(25)12-10-20-33-28(30)18-13-23(2)24-14-16-26(17-15-24)36(31,32)34-22-29(3,4)5/h14-17,19,21,23H,6-13,18,20,22H2,1-5H3. The van der Waals surface area contributed by atoms with Gasteiger partial charge in [-0.05, 0) is 78.1 Å². The van der Waals surface area contributed by atoms with Crippen LogP contribution in [0.3, 0.4) is 0 Å². The van der Waals surface area contributed by atoms with Crippen molar-refractivity contribution >= 4 is 27.4 Å². The quantitative estimate of drug-likeness (QED) is 0.125. The molecule has 0 spiro atoms. The molecule has 0 N–H and O–H groups in total. The predicted molar refractivity (Wildman–Crippen MR) is 148 cm³/mol. The lowest BCUT2D eigenvalue weighted by molar-refractivity contribution is -0.143. The smallest absolute Gasteiger partial charge is 0.305 e. The van der Waals surface area contributed by atoms with Gasteiger partial charge in [0.2, 0.25) is 0 Å². The minimum absolute atomic E-state index is 0.117. The topological polar surface area (TPSA) is 69.7 Å². The van der Waals surface area contributed by atoms with Crippen LogP contribution in [0.2, 0.25) is 0 Å². The molecule has 1 heterocycles. The number of unbranched alkanes of at least 4 members (excludes halogenated alkanes) is 3. The molecule has 0 aliphatic rings. The zero-order valence-corrected chi connectivity index (χ0v) is 24.3. The molecule has 7 heteroatoms. The maximum absolute atomic E-state index is 12.4. The fourth-order valence-corrected chi connectivity index (χ4v) is 5.92. The van der Waals surface area contributed by atoms with Crippen LogP contribution in [-0.2, 0) is 36.7 Å². The van der Waals surface area contributed by atoms with Crippen LogP contribution in [0.4, 0.5) is 0 Å². The SMILES string of the molecule is CCCCCCc1ccsc1CCCOC(=O)CCC(C)c1ccc(S(=O)(=O)OCC(C)(C)C)cc1. The van der Waals surface area contributed by atoms with Gasteiger partial charge in [0.15, 0.2) is 0 Å². The van der Waals surface area contributed by atoms with E-state index >= 15 is 0 Å². The molecule has 0 saturated carbocycles. The van der Waals surface area contributed by atoms with E-state index in [1.165, 1.54) is 36.1 Å². The van der Waals surface area contributed by atoms with Crippen LogP contribution in [0.25, 0.3) is 0 Å². The lowest BCUT2D eigenvalue weighted by Crippen LogP contribution is -2.18. The summed E-state index contributed by atoms with van der Waals surface area (Å²) in [5.74, 6) is -0.0613. The molecule has 1 atom stereocenters. The van der Waals surface area contributed by atoms with Crippen molar-refractivity contribution in [1.82, 2.24) is 0 Å². The highest BCUT2D eigenvalue weighted by atomic mass is 32.2. The first-order valence-electron chi connectivity index (χ1n) is 13.2. The molecule has 202 valence electrons. The van der Waals surface area contributed by atoms with E-state index in [1.54, 1.807) is 35.6 Å². The Kier molecular flexibility index (Phi) is 12.6. The highest BCUT2D eigenvalue weighted by Crippen LogP contribution is 2.25. The average Bonchev–Trinajstić information content (AvgIpc) is 3.28. The van der Waals surface area contributed by atoms with Crippen molar-refractivity contribution in [3.05, 3.63) is 51.7 Å². The van der Waals surface area contributed by atoms with E-state index in [1.807, 2.05) is 27.7 Å². The van der Waals surface area contributed by atoms with Gasteiger partial charge in [-0.3, -0.25) is 8.98 Å². The third kappa shape index (κ3) is 11.1. The molecule has 0 fully saturated rings. The molecule has 0 bridgehead atoms. The van der Waals surface area contributed by atoms with E-state index in [2.05, 4.69) is 18.4 Å². The van der Waals surface area contributed by atoms with Crippen molar-refractivity contribution in [2.75, 3.05) is 13.2 Å². The lowest BCUT2D eigenvalue weighted by atomic mass is 9.96. The monoisotopic (exact) mass is 536 g/mol. The molecular weight excluding hydrogens is 492 g/mol. The summed E-state index contributed by atoms with van der Waals surface area (Å²) in [5.41, 5.74) is 2.20. The first-order valence-corrected chi connectivity index (χ1v) is 15.5. The van der Waals surface area contributed by atoms with Gasteiger partial charge in [-0.15, -0.1) is 11.3 Å². The molecule has 2 rings (SSSR count). The number of ether oxygens (including phenoxy) is 1. The van der Waals surface area contributed by atoms with Crippen molar-refractivity contribution < 1.29 is 22.1 Å². The van der Waals surface area contributed by atoms with Gasteiger partial charge in [0.1, 0.15) is 0 Å². The minimum Gasteiger partial charge on any atom is -0.466 e. The summed E-state index contributed by atoms with van der Waals surface area (Å²) < 4.78 is 35.4. The largest absolute Gasteiger partial charge is 0.466 e.